The summed E-state index contributed by atoms with van der Waals surface area (Å²) in [6.45, 7) is 11.6. The van der Waals surface area contributed by atoms with Gasteiger partial charge in [-0.1, -0.05) is 6.92 Å². The van der Waals surface area contributed by atoms with E-state index in [0.717, 1.165) is 51.5 Å². The van der Waals surface area contributed by atoms with E-state index in [0.29, 0.717) is 12.2 Å². The Morgan fingerprint density at radius 3 is 2.65 bits per heavy atom. The molecular formula is C14H25N5O. The number of amides is 1. The number of rotatable bonds is 6. The summed E-state index contributed by atoms with van der Waals surface area (Å²) in [6, 6.07) is 0. The number of likely N-dealkylation sites (N-methyl/N-ethyl adjacent to an activating group) is 1. The lowest BCUT2D eigenvalue weighted by Gasteiger charge is -2.33. The Kier molecular flexibility index (Phi) is 5.55. The smallest absolute Gasteiger partial charge is 0.269 e. The van der Waals surface area contributed by atoms with E-state index < -0.39 is 0 Å². The molecule has 0 atom stereocenters. The van der Waals surface area contributed by atoms with Crippen molar-refractivity contribution in [3.63, 3.8) is 0 Å². The van der Waals surface area contributed by atoms with Gasteiger partial charge in [-0.15, -0.1) is 0 Å². The zero-order chi connectivity index (χ0) is 14.4. The summed E-state index contributed by atoms with van der Waals surface area (Å²) in [5.41, 5.74) is 0.541. The van der Waals surface area contributed by atoms with E-state index in [4.69, 9.17) is 0 Å². The molecule has 1 aliphatic heterocycles. The van der Waals surface area contributed by atoms with Gasteiger partial charge < -0.3 is 20.1 Å². The van der Waals surface area contributed by atoms with Crippen molar-refractivity contribution < 1.29 is 4.79 Å². The topological polar surface area (TPSA) is 64.3 Å². The second-order valence-electron chi connectivity index (χ2n) is 5.27. The minimum atomic E-state index is -0.0681. The van der Waals surface area contributed by atoms with Crippen LogP contribution in [0.2, 0.25) is 0 Å². The second kappa shape index (κ2) is 7.40. The molecule has 0 saturated carbocycles. The molecule has 1 saturated heterocycles. The van der Waals surface area contributed by atoms with Crippen LogP contribution in [0.25, 0.3) is 0 Å². The normalized spacial score (nSPS) is 17.3. The van der Waals surface area contributed by atoms with E-state index in [2.05, 4.69) is 32.0 Å². The summed E-state index contributed by atoms with van der Waals surface area (Å²) < 4.78 is 0. The van der Waals surface area contributed by atoms with Gasteiger partial charge in [-0.3, -0.25) is 4.79 Å². The SMILES string of the molecule is CCN1CCN(CCCNC(=O)c2cnc(C)[nH]2)CC1. The van der Waals surface area contributed by atoms with Crippen LogP contribution in [0.5, 0.6) is 0 Å². The number of piperazine rings is 1. The molecule has 1 fully saturated rings. The molecule has 0 bridgehead atoms. The second-order valence-corrected chi connectivity index (χ2v) is 5.27. The average Bonchev–Trinajstić information content (AvgIpc) is 2.91. The lowest BCUT2D eigenvalue weighted by molar-refractivity contribution is 0.0943. The van der Waals surface area contributed by atoms with Crippen LogP contribution >= 0.6 is 0 Å². The number of H-pyrrole nitrogens is 1. The lowest BCUT2D eigenvalue weighted by Crippen LogP contribution is -2.46. The van der Waals surface area contributed by atoms with Gasteiger partial charge in [0.15, 0.2) is 0 Å². The third kappa shape index (κ3) is 4.31. The molecule has 0 spiro atoms. The van der Waals surface area contributed by atoms with Crippen molar-refractivity contribution in [3.8, 4) is 0 Å². The summed E-state index contributed by atoms with van der Waals surface area (Å²) >= 11 is 0. The molecule has 1 aromatic heterocycles. The molecule has 20 heavy (non-hydrogen) atoms. The van der Waals surface area contributed by atoms with E-state index in [9.17, 15) is 4.79 Å². The average molecular weight is 279 g/mol. The maximum Gasteiger partial charge on any atom is 0.269 e. The number of aryl methyl sites for hydroxylation is 1. The van der Waals surface area contributed by atoms with Crippen LogP contribution in [0, 0.1) is 6.92 Å². The van der Waals surface area contributed by atoms with Gasteiger partial charge in [-0.25, -0.2) is 4.98 Å². The Bertz CT molecular complexity index is 423. The Labute approximate surface area is 120 Å². The maximum atomic E-state index is 11.8. The highest BCUT2D eigenvalue weighted by atomic mass is 16.1. The van der Waals surface area contributed by atoms with E-state index >= 15 is 0 Å². The van der Waals surface area contributed by atoms with E-state index in [1.165, 1.54) is 0 Å². The number of hydrogen-bond acceptors (Lipinski definition) is 4. The molecule has 6 heteroatoms. The van der Waals surface area contributed by atoms with Gasteiger partial charge in [0.25, 0.3) is 5.91 Å². The number of carbonyl (C=O) groups is 1. The highest BCUT2D eigenvalue weighted by Gasteiger charge is 2.14. The molecule has 1 aliphatic rings. The van der Waals surface area contributed by atoms with Gasteiger partial charge >= 0.3 is 0 Å². The first-order valence-corrected chi connectivity index (χ1v) is 7.43. The minimum Gasteiger partial charge on any atom is -0.351 e. The Morgan fingerprint density at radius 2 is 2.05 bits per heavy atom. The number of aromatic amines is 1. The summed E-state index contributed by atoms with van der Waals surface area (Å²) in [4.78, 5) is 23.7. The monoisotopic (exact) mass is 279 g/mol. The first-order valence-electron chi connectivity index (χ1n) is 7.43. The van der Waals surface area contributed by atoms with Crippen molar-refractivity contribution in [2.75, 3.05) is 45.8 Å². The lowest BCUT2D eigenvalue weighted by atomic mass is 10.3. The molecular weight excluding hydrogens is 254 g/mol. The molecule has 112 valence electrons. The van der Waals surface area contributed by atoms with Crippen LogP contribution in [-0.2, 0) is 0 Å². The molecule has 0 unspecified atom stereocenters. The van der Waals surface area contributed by atoms with Crippen molar-refractivity contribution in [3.05, 3.63) is 17.7 Å². The zero-order valence-corrected chi connectivity index (χ0v) is 12.5. The third-order valence-electron chi connectivity index (χ3n) is 3.80. The summed E-state index contributed by atoms with van der Waals surface area (Å²) in [7, 11) is 0. The fourth-order valence-corrected chi connectivity index (χ4v) is 2.47. The molecule has 0 aromatic carbocycles. The Morgan fingerprint density at radius 1 is 1.35 bits per heavy atom. The van der Waals surface area contributed by atoms with Crippen LogP contribution in [-0.4, -0.2) is 71.5 Å². The third-order valence-corrected chi connectivity index (χ3v) is 3.80. The highest BCUT2D eigenvalue weighted by molar-refractivity contribution is 5.92. The molecule has 1 amide bonds. The number of imidazole rings is 1. The maximum absolute atomic E-state index is 11.8. The van der Waals surface area contributed by atoms with Gasteiger partial charge in [-0.05, 0) is 26.4 Å². The molecule has 1 aromatic rings. The first-order chi connectivity index (χ1) is 9.69. The Hall–Kier alpha value is -1.40. The number of aromatic nitrogens is 2. The largest absolute Gasteiger partial charge is 0.351 e. The zero-order valence-electron chi connectivity index (χ0n) is 12.5. The van der Waals surface area contributed by atoms with E-state index in [-0.39, 0.29) is 5.91 Å². The van der Waals surface area contributed by atoms with Crippen molar-refractivity contribution in [2.24, 2.45) is 0 Å². The standard InChI is InChI=1S/C14H25N5O/c1-3-18-7-9-19(10-8-18)6-4-5-15-14(20)13-11-16-12(2)17-13/h11H,3-10H2,1-2H3,(H,15,20)(H,16,17). The number of nitrogens with one attached hydrogen (secondary N) is 2. The molecule has 2 rings (SSSR count). The predicted molar refractivity (Wildman–Crippen MR) is 78.8 cm³/mol. The molecule has 2 heterocycles. The summed E-state index contributed by atoms with van der Waals surface area (Å²) in [5, 5.41) is 2.92. The molecule has 2 N–H and O–H groups in total. The van der Waals surface area contributed by atoms with E-state index in [1.807, 2.05) is 6.92 Å². The molecule has 0 aliphatic carbocycles. The van der Waals surface area contributed by atoms with Crippen LogP contribution in [0.1, 0.15) is 29.7 Å². The fourth-order valence-electron chi connectivity index (χ4n) is 2.47. The number of hydrogen-bond donors (Lipinski definition) is 2. The number of nitrogens with zero attached hydrogens (tertiary/aromatic N) is 3. The van der Waals surface area contributed by atoms with Crippen LogP contribution in [0.15, 0.2) is 6.20 Å². The molecule has 0 radical (unpaired) electrons. The van der Waals surface area contributed by atoms with Crippen molar-refractivity contribution in [1.29, 1.82) is 0 Å². The van der Waals surface area contributed by atoms with Crippen molar-refractivity contribution in [2.45, 2.75) is 20.3 Å². The first kappa shape index (κ1) is 15.0. The van der Waals surface area contributed by atoms with Crippen molar-refractivity contribution >= 4 is 5.91 Å². The van der Waals surface area contributed by atoms with Gasteiger partial charge in [0.1, 0.15) is 11.5 Å². The van der Waals surface area contributed by atoms with E-state index in [1.54, 1.807) is 6.20 Å². The minimum absolute atomic E-state index is 0.0681. The summed E-state index contributed by atoms with van der Waals surface area (Å²) in [6.07, 6.45) is 2.57. The summed E-state index contributed by atoms with van der Waals surface area (Å²) in [5.74, 6) is 0.699. The highest BCUT2D eigenvalue weighted by Crippen LogP contribution is 2.01. The molecule has 6 nitrogen and oxygen atoms in total. The quantitative estimate of drug-likeness (QED) is 0.743. The van der Waals surface area contributed by atoms with Gasteiger partial charge in [0.05, 0.1) is 6.20 Å². The van der Waals surface area contributed by atoms with Crippen LogP contribution < -0.4 is 5.32 Å². The fraction of sp³-hybridized carbons (Fsp3) is 0.714. The van der Waals surface area contributed by atoms with Gasteiger partial charge in [0, 0.05) is 32.7 Å². The van der Waals surface area contributed by atoms with Gasteiger partial charge in [-0.2, -0.15) is 0 Å². The van der Waals surface area contributed by atoms with Gasteiger partial charge in [0.2, 0.25) is 0 Å². The van der Waals surface area contributed by atoms with Crippen LogP contribution in [0.4, 0.5) is 0 Å². The Balaban J connectivity index is 1.59. The predicted octanol–water partition coefficient (Wildman–Crippen LogP) is 0.476. The number of carbonyl (C=O) groups excluding carboxylic acids is 1. The van der Waals surface area contributed by atoms with Crippen LogP contribution in [0.3, 0.4) is 0 Å². The van der Waals surface area contributed by atoms with Crippen molar-refractivity contribution in [1.82, 2.24) is 25.1 Å².